The van der Waals surface area contributed by atoms with Gasteiger partial charge in [-0.15, -0.1) is 10.2 Å². The van der Waals surface area contributed by atoms with Crippen molar-refractivity contribution in [2.45, 2.75) is 10.9 Å². The summed E-state index contributed by atoms with van der Waals surface area (Å²) in [5, 5.41) is 10.1. The maximum absolute atomic E-state index is 11.6. The van der Waals surface area contributed by atoms with Crippen LogP contribution >= 0.6 is 11.8 Å². The molecule has 6 nitrogen and oxygen atoms in total. The summed E-state index contributed by atoms with van der Waals surface area (Å²) in [4.78, 5) is 19.4. The summed E-state index contributed by atoms with van der Waals surface area (Å²) < 4.78 is 4.75. The zero-order valence-corrected chi connectivity index (χ0v) is 14.2. The van der Waals surface area contributed by atoms with E-state index in [0.29, 0.717) is 16.5 Å². The normalized spacial score (nSPS) is 11.1. The van der Waals surface area contributed by atoms with Gasteiger partial charge in [-0.05, 0) is 23.8 Å². The summed E-state index contributed by atoms with van der Waals surface area (Å²) in [6, 6.07) is 15.3. The molecule has 0 unspecified atom stereocenters. The average molecular weight is 350 g/mol. The van der Waals surface area contributed by atoms with Crippen molar-refractivity contribution in [3.8, 4) is 0 Å². The van der Waals surface area contributed by atoms with E-state index in [9.17, 15) is 4.79 Å². The summed E-state index contributed by atoms with van der Waals surface area (Å²) >= 11 is 1.47. The number of ether oxygens (including phenoxy) is 1. The van der Waals surface area contributed by atoms with Gasteiger partial charge in [0.1, 0.15) is 5.52 Å². The summed E-state index contributed by atoms with van der Waals surface area (Å²) in [6.45, 7) is 0. The second-order valence-corrected chi connectivity index (χ2v) is 6.39. The molecule has 4 rings (SSSR count). The van der Waals surface area contributed by atoms with E-state index in [1.54, 1.807) is 6.07 Å². The van der Waals surface area contributed by atoms with Crippen LogP contribution in [0.5, 0.6) is 0 Å². The number of hydrogen-bond acceptors (Lipinski definition) is 6. The van der Waals surface area contributed by atoms with Gasteiger partial charge in [0.25, 0.3) is 0 Å². The smallest absolute Gasteiger partial charge is 0.337 e. The van der Waals surface area contributed by atoms with Gasteiger partial charge in [0.05, 0.1) is 12.7 Å². The van der Waals surface area contributed by atoms with Gasteiger partial charge >= 0.3 is 5.97 Å². The molecule has 0 atom stereocenters. The van der Waals surface area contributed by atoms with Crippen molar-refractivity contribution in [3.05, 3.63) is 59.7 Å². The number of nitrogens with zero attached hydrogens (tertiary/aromatic N) is 3. The van der Waals surface area contributed by atoms with Crippen molar-refractivity contribution in [2.75, 3.05) is 7.11 Å². The third-order valence-corrected chi connectivity index (χ3v) is 4.73. The van der Waals surface area contributed by atoms with Crippen LogP contribution in [0.15, 0.2) is 53.7 Å². The highest BCUT2D eigenvalue weighted by molar-refractivity contribution is 7.98. The Kier molecular flexibility index (Phi) is 4.07. The van der Waals surface area contributed by atoms with Crippen molar-refractivity contribution in [3.63, 3.8) is 0 Å². The molecule has 2 heterocycles. The molecule has 0 aliphatic heterocycles. The van der Waals surface area contributed by atoms with Crippen molar-refractivity contribution in [2.24, 2.45) is 0 Å². The zero-order chi connectivity index (χ0) is 17.2. The molecular weight excluding hydrogens is 336 g/mol. The number of para-hydroxylation sites is 1. The third kappa shape index (κ3) is 3.06. The lowest BCUT2D eigenvalue weighted by molar-refractivity contribution is 0.0600. The number of esters is 1. The number of hydrogen-bond donors (Lipinski definition) is 1. The van der Waals surface area contributed by atoms with Gasteiger partial charge < -0.3 is 9.72 Å². The van der Waals surface area contributed by atoms with Crippen LogP contribution in [0.2, 0.25) is 0 Å². The molecule has 0 aliphatic rings. The van der Waals surface area contributed by atoms with Crippen LogP contribution in [-0.4, -0.2) is 33.2 Å². The van der Waals surface area contributed by atoms with Crippen LogP contribution in [0.1, 0.15) is 15.9 Å². The number of carbonyl (C=O) groups excluding carboxylic acids is 1. The van der Waals surface area contributed by atoms with Crippen LogP contribution in [0.4, 0.5) is 0 Å². The lowest BCUT2D eigenvalue weighted by Gasteiger charge is -2.03. The number of rotatable bonds is 4. The second kappa shape index (κ2) is 6.52. The fraction of sp³-hybridized carbons (Fsp3) is 0.111. The Labute approximate surface area is 147 Å². The number of fused-ring (bicyclic) bond motifs is 3. The van der Waals surface area contributed by atoms with Gasteiger partial charge in [0.15, 0.2) is 5.65 Å². The molecule has 0 radical (unpaired) electrons. The first kappa shape index (κ1) is 15.6. The Morgan fingerprint density at radius 1 is 1.16 bits per heavy atom. The predicted molar refractivity (Wildman–Crippen MR) is 96.5 cm³/mol. The maximum Gasteiger partial charge on any atom is 0.337 e. The largest absolute Gasteiger partial charge is 0.465 e. The van der Waals surface area contributed by atoms with E-state index in [2.05, 4.69) is 20.2 Å². The molecule has 2 aromatic carbocycles. The van der Waals surface area contributed by atoms with Crippen molar-refractivity contribution >= 4 is 39.8 Å². The second-order valence-electron chi connectivity index (χ2n) is 5.44. The number of methoxy groups -OCH3 is 1. The van der Waals surface area contributed by atoms with E-state index >= 15 is 0 Å². The van der Waals surface area contributed by atoms with Crippen LogP contribution < -0.4 is 0 Å². The lowest BCUT2D eigenvalue weighted by atomic mass is 10.1. The summed E-state index contributed by atoms with van der Waals surface area (Å²) in [5.74, 6) is 0.294. The molecule has 0 fully saturated rings. The van der Waals surface area contributed by atoms with E-state index in [1.165, 1.54) is 18.9 Å². The molecule has 0 aliphatic carbocycles. The first-order chi connectivity index (χ1) is 12.2. The van der Waals surface area contributed by atoms with Crippen LogP contribution in [0.3, 0.4) is 0 Å². The lowest BCUT2D eigenvalue weighted by Crippen LogP contribution is -2.01. The molecule has 0 saturated carbocycles. The Morgan fingerprint density at radius 2 is 2.04 bits per heavy atom. The molecule has 0 saturated heterocycles. The highest BCUT2D eigenvalue weighted by Crippen LogP contribution is 2.25. The number of thioether (sulfide) groups is 1. The number of benzene rings is 2. The van der Waals surface area contributed by atoms with Crippen molar-refractivity contribution in [1.29, 1.82) is 0 Å². The number of H-pyrrole nitrogens is 1. The predicted octanol–water partition coefficient (Wildman–Crippen LogP) is 3.59. The van der Waals surface area contributed by atoms with Gasteiger partial charge in [0, 0.05) is 16.7 Å². The topological polar surface area (TPSA) is 80.8 Å². The Hall–Kier alpha value is -2.93. The van der Waals surface area contributed by atoms with Gasteiger partial charge in [0.2, 0.25) is 5.16 Å². The summed E-state index contributed by atoms with van der Waals surface area (Å²) in [5.41, 5.74) is 4.01. The van der Waals surface area contributed by atoms with E-state index in [0.717, 1.165) is 27.6 Å². The molecule has 0 amide bonds. The average Bonchev–Trinajstić information content (AvgIpc) is 3.03. The third-order valence-electron chi connectivity index (χ3n) is 3.82. The molecule has 25 heavy (non-hydrogen) atoms. The van der Waals surface area contributed by atoms with Gasteiger partial charge in [-0.3, -0.25) is 0 Å². The molecule has 2 aromatic heterocycles. The molecule has 124 valence electrons. The van der Waals surface area contributed by atoms with E-state index < -0.39 is 0 Å². The molecule has 7 heteroatoms. The van der Waals surface area contributed by atoms with Crippen molar-refractivity contribution in [1.82, 2.24) is 20.2 Å². The highest BCUT2D eigenvalue weighted by Gasteiger charge is 2.10. The molecular formula is C18H14N4O2S. The minimum absolute atomic E-state index is 0.343. The number of aromatic nitrogens is 4. The van der Waals surface area contributed by atoms with Gasteiger partial charge in [-0.25, -0.2) is 9.78 Å². The van der Waals surface area contributed by atoms with Crippen LogP contribution in [0, 0.1) is 0 Å². The van der Waals surface area contributed by atoms with Gasteiger partial charge in [-0.2, -0.15) is 0 Å². The minimum Gasteiger partial charge on any atom is -0.465 e. The number of nitrogens with one attached hydrogen (secondary N) is 1. The Morgan fingerprint density at radius 3 is 2.92 bits per heavy atom. The maximum atomic E-state index is 11.6. The molecule has 1 N–H and O–H groups in total. The molecule has 4 aromatic rings. The Balaban J connectivity index is 1.57. The monoisotopic (exact) mass is 350 g/mol. The van der Waals surface area contributed by atoms with Crippen molar-refractivity contribution < 1.29 is 9.53 Å². The molecule has 0 spiro atoms. The SMILES string of the molecule is COC(=O)c1cccc(CSc2nnc3c(n2)[nH]c2ccccc23)c1. The van der Waals surface area contributed by atoms with E-state index in [4.69, 9.17) is 4.74 Å². The quantitative estimate of drug-likeness (QED) is 0.447. The zero-order valence-electron chi connectivity index (χ0n) is 13.4. The highest BCUT2D eigenvalue weighted by atomic mass is 32.2. The fourth-order valence-electron chi connectivity index (χ4n) is 2.62. The number of aromatic amines is 1. The van der Waals surface area contributed by atoms with Crippen LogP contribution in [-0.2, 0) is 10.5 Å². The first-order valence-electron chi connectivity index (χ1n) is 7.66. The Bertz CT molecular complexity index is 1080. The standard InChI is InChI=1S/C18H14N4O2S/c1-24-17(23)12-6-4-5-11(9-12)10-25-18-20-16-15(21-22-18)13-7-2-3-8-14(13)19-16/h2-9H,10H2,1H3,(H,19,20,22). The van der Waals surface area contributed by atoms with E-state index in [1.807, 2.05) is 42.5 Å². The summed E-state index contributed by atoms with van der Waals surface area (Å²) in [6.07, 6.45) is 0. The fourth-order valence-corrected chi connectivity index (χ4v) is 3.35. The van der Waals surface area contributed by atoms with Crippen LogP contribution in [0.25, 0.3) is 22.1 Å². The summed E-state index contributed by atoms with van der Waals surface area (Å²) in [7, 11) is 1.37. The number of carbonyl (C=O) groups is 1. The first-order valence-corrected chi connectivity index (χ1v) is 8.64. The van der Waals surface area contributed by atoms with E-state index in [-0.39, 0.29) is 5.97 Å². The minimum atomic E-state index is -0.343. The molecule has 0 bridgehead atoms. The van der Waals surface area contributed by atoms with Gasteiger partial charge in [-0.1, -0.05) is 42.1 Å².